The van der Waals surface area contributed by atoms with E-state index in [0.29, 0.717) is 17.8 Å². The molecule has 0 spiro atoms. The average Bonchev–Trinajstić information content (AvgIpc) is 3.32. The summed E-state index contributed by atoms with van der Waals surface area (Å²) in [6, 6.07) is 16.9. The van der Waals surface area contributed by atoms with Crippen LogP contribution in [0.5, 0.6) is 5.75 Å². The Kier molecular flexibility index (Phi) is 4.93. The minimum atomic E-state index is -0.303. The highest BCUT2D eigenvalue weighted by Gasteiger charge is 2.60. The van der Waals surface area contributed by atoms with Crippen molar-refractivity contribution in [1.82, 2.24) is 20.2 Å². The molecule has 6 nitrogen and oxygen atoms in total. The number of para-hydroxylation sites is 2. The van der Waals surface area contributed by atoms with Crippen LogP contribution in [0.3, 0.4) is 0 Å². The van der Waals surface area contributed by atoms with Crippen LogP contribution in [0.25, 0.3) is 5.69 Å². The van der Waals surface area contributed by atoms with Crippen molar-refractivity contribution in [3.63, 3.8) is 0 Å². The van der Waals surface area contributed by atoms with Crippen LogP contribution in [0.4, 0.5) is 5.69 Å². The Labute approximate surface area is 195 Å². The van der Waals surface area contributed by atoms with E-state index in [1.54, 1.807) is 7.11 Å². The second-order valence-electron chi connectivity index (χ2n) is 10.7. The van der Waals surface area contributed by atoms with Gasteiger partial charge in [0.1, 0.15) is 11.3 Å². The Morgan fingerprint density at radius 3 is 2.24 bits per heavy atom. The Bertz CT molecular complexity index is 1110. The molecule has 172 valence electrons. The molecule has 1 heterocycles. The van der Waals surface area contributed by atoms with Gasteiger partial charge in [-0.25, -0.2) is 0 Å². The fourth-order valence-corrected chi connectivity index (χ4v) is 7.14. The first kappa shape index (κ1) is 20.7. The fraction of sp³-hybridized carbons (Fsp3) is 0.519. The molecule has 0 radical (unpaired) electrons. The number of methoxy groups -OCH3 is 1. The largest absolute Gasteiger partial charge is 0.495 e. The summed E-state index contributed by atoms with van der Waals surface area (Å²) in [7, 11) is 1.74. The molecule has 1 aromatic heterocycles. The van der Waals surface area contributed by atoms with Crippen molar-refractivity contribution in [1.29, 1.82) is 0 Å². The summed E-state index contributed by atoms with van der Waals surface area (Å²) in [5, 5.41) is 17.4. The molecule has 0 amide bonds. The van der Waals surface area contributed by atoms with Crippen LogP contribution in [-0.2, 0) is 5.54 Å². The van der Waals surface area contributed by atoms with Gasteiger partial charge in [0.15, 0.2) is 5.82 Å². The summed E-state index contributed by atoms with van der Waals surface area (Å²) in [5.41, 5.74) is 3.07. The molecule has 0 aliphatic heterocycles. The first-order valence-corrected chi connectivity index (χ1v) is 12.4. The lowest BCUT2D eigenvalue weighted by Gasteiger charge is -2.60. The van der Waals surface area contributed by atoms with Crippen molar-refractivity contribution in [2.75, 3.05) is 12.4 Å². The molecular weight excluding hydrogens is 410 g/mol. The number of nitrogens with one attached hydrogen (secondary N) is 1. The molecule has 4 aliphatic rings. The molecule has 4 fully saturated rings. The van der Waals surface area contributed by atoms with E-state index in [1.807, 2.05) is 16.8 Å². The lowest BCUT2D eigenvalue weighted by molar-refractivity contribution is -0.0524. The zero-order valence-corrected chi connectivity index (χ0v) is 19.7. The monoisotopic (exact) mass is 443 g/mol. The number of anilines is 1. The van der Waals surface area contributed by atoms with Crippen LogP contribution in [0.1, 0.15) is 63.3 Å². The Morgan fingerprint density at radius 1 is 0.939 bits per heavy atom. The molecule has 2 aromatic carbocycles. The minimum absolute atomic E-state index is 0.303. The fourth-order valence-electron chi connectivity index (χ4n) is 7.14. The van der Waals surface area contributed by atoms with Crippen LogP contribution in [0, 0.1) is 23.7 Å². The third-order valence-electron chi connectivity index (χ3n) is 8.52. The van der Waals surface area contributed by atoms with Gasteiger partial charge < -0.3 is 10.1 Å². The lowest BCUT2D eigenvalue weighted by atomic mass is 9.48. The number of aromatic nitrogens is 4. The summed E-state index contributed by atoms with van der Waals surface area (Å²) in [6.07, 6.45) is 6.38. The second-order valence-corrected chi connectivity index (χ2v) is 10.7. The first-order chi connectivity index (χ1) is 16.1. The summed E-state index contributed by atoms with van der Waals surface area (Å²) in [6.45, 7) is 4.44. The van der Waals surface area contributed by atoms with Gasteiger partial charge in [-0.15, -0.1) is 5.10 Å². The summed E-state index contributed by atoms with van der Waals surface area (Å²) >= 11 is 0. The van der Waals surface area contributed by atoms with Gasteiger partial charge in [-0.05, 0) is 102 Å². The Morgan fingerprint density at radius 2 is 1.61 bits per heavy atom. The van der Waals surface area contributed by atoms with Gasteiger partial charge in [0.05, 0.1) is 18.5 Å². The van der Waals surface area contributed by atoms with Crippen LogP contribution in [-0.4, -0.2) is 27.3 Å². The van der Waals surface area contributed by atoms with Gasteiger partial charge >= 0.3 is 0 Å². The number of hydrogen-bond acceptors (Lipinski definition) is 5. The highest BCUT2D eigenvalue weighted by molar-refractivity contribution is 5.59. The van der Waals surface area contributed by atoms with Gasteiger partial charge in [0, 0.05) is 0 Å². The quantitative estimate of drug-likeness (QED) is 0.540. The van der Waals surface area contributed by atoms with Crippen molar-refractivity contribution in [2.45, 2.75) is 57.4 Å². The third-order valence-corrected chi connectivity index (χ3v) is 8.52. The number of rotatable bonds is 6. The predicted octanol–water partition coefficient (Wildman–Crippen LogP) is 5.56. The van der Waals surface area contributed by atoms with E-state index in [2.05, 4.69) is 66.0 Å². The SMILES string of the molecule is COc1ccccc1NC1(c2nnnn2-c2ccc(C(C)C)cc2)C2CC3CC(C2)CC1C3. The van der Waals surface area contributed by atoms with Crippen molar-refractivity contribution in [3.05, 3.63) is 59.9 Å². The van der Waals surface area contributed by atoms with Crippen LogP contribution in [0.2, 0.25) is 0 Å². The van der Waals surface area contributed by atoms with E-state index < -0.39 is 0 Å². The zero-order chi connectivity index (χ0) is 22.6. The Hall–Kier alpha value is -2.89. The maximum atomic E-state index is 5.73. The van der Waals surface area contributed by atoms with Gasteiger partial charge in [-0.2, -0.15) is 4.68 Å². The molecule has 4 bridgehead atoms. The number of benzene rings is 2. The van der Waals surface area contributed by atoms with Crippen molar-refractivity contribution in [2.24, 2.45) is 23.7 Å². The number of nitrogens with zero attached hydrogens (tertiary/aromatic N) is 4. The number of ether oxygens (including phenoxy) is 1. The summed E-state index contributed by atoms with van der Waals surface area (Å²) in [5.74, 6) is 5.02. The normalized spacial score (nSPS) is 30.1. The Balaban J connectivity index is 1.48. The van der Waals surface area contributed by atoms with Gasteiger partial charge in [-0.1, -0.05) is 38.1 Å². The van der Waals surface area contributed by atoms with E-state index in [1.165, 1.54) is 37.7 Å². The molecular formula is C27H33N5O. The molecule has 7 rings (SSSR count). The maximum absolute atomic E-state index is 5.73. The van der Waals surface area contributed by atoms with E-state index in [-0.39, 0.29) is 5.54 Å². The smallest absolute Gasteiger partial charge is 0.182 e. The van der Waals surface area contributed by atoms with E-state index in [9.17, 15) is 0 Å². The molecule has 1 N–H and O–H groups in total. The molecule has 33 heavy (non-hydrogen) atoms. The highest BCUT2D eigenvalue weighted by Crippen LogP contribution is 2.62. The lowest BCUT2D eigenvalue weighted by Crippen LogP contribution is -2.60. The number of tetrazole rings is 1. The topological polar surface area (TPSA) is 64.9 Å². The third kappa shape index (κ3) is 3.25. The van der Waals surface area contributed by atoms with E-state index in [0.717, 1.165) is 34.8 Å². The molecule has 6 heteroatoms. The maximum Gasteiger partial charge on any atom is 0.182 e. The molecule has 4 aliphatic carbocycles. The second kappa shape index (κ2) is 7.86. The molecule has 0 atom stereocenters. The van der Waals surface area contributed by atoms with Gasteiger partial charge in [-0.3, -0.25) is 0 Å². The van der Waals surface area contributed by atoms with E-state index >= 15 is 0 Å². The summed E-state index contributed by atoms with van der Waals surface area (Å²) < 4.78 is 7.71. The highest BCUT2D eigenvalue weighted by atomic mass is 16.5. The van der Waals surface area contributed by atoms with E-state index in [4.69, 9.17) is 9.84 Å². The molecule has 0 unspecified atom stereocenters. The summed E-state index contributed by atoms with van der Waals surface area (Å²) in [4.78, 5) is 0. The number of hydrogen-bond donors (Lipinski definition) is 1. The standard InChI is InChI=1S/C27H33N5O/c1-17(2)20-8-10-23(11-9-20)32-26(29-30-31-32)27(28-24-6-4-5-7-25(24)33-3)21-13-18-12-19(15-21)16-22(27)14-18/h4-11,17-19,21-22,28H,12-16H2,1-3H3. The molecule has 0 saturated heterocycles. The van der Waals surface area contributed by atoms with Crippen molar-refractivity contribution < 1.29 is 4.74 Å². The van der Waals surface area contributed by atoms with Gasteiger partial charge in [0.25, 0.3) is 0 Å². The molecule has 4 saturated carbocycles. The minimum Gasteiger partial charge on any atom is -0.495 e. The van der Waals surface area contributed by atoms with Crippen LogP contribution < -0.4 is 10.1 Å². The van der Waals surface area contributed by atoms with Crippen molar-refractivity contribution >= 4 is 5.69 Å². The first-order valence-electron chi connectivity index (χ1n) is 12.4. The van der Waals surface area contributed by atoms with Crippen LogP contribution >= 0.6 is 0 Å². The predicted molar refractivity (Wildman–Crippen MR) is 129 cm³/mol. The van der Waals surface area contributed by atoms with Crippen LogP contribution in [0.15, 0.2) is 48.5 Å². The van der Waals surface area contributed by atoms with Gasteiger partial charge in [0.2, 0.25) is 0 Å². The average molecular weight is 444 g/mol. The zero-order valence-electron chi connectivity index (χ0n) is 19.7. The molecule has 3 aromatic rings. The van der Waals surface area contributed by atoms with Crippen molar-refractivity contribution in [3.8, 4) is 11.4 Å².